The van der Waals surface area contributed by atoms with Gasteiger partial charge in [-0.2, -0.15) is 0 Å². The lowest BCUT2D eigenvalue weighted by Crippen LogP contribution is -2.36. The minimum Gasteiger partial charge on any atom is -0.393 e. The molecule has 0 saturated heterocycles. The van der Waals surface area contributed by atoms with E-state index in [9.17, 15) is 5.11 Å². The highest BCUT2D eigenvalue weighted by atomic mass is 16.3. The van der Waals surface area contributed by atoms with Gasteiger partial charge >= 0.3 is 0 Å². The molecule has 3 aliphatic rings. The quantitative estimate of drug-likeness (QED) is 0.499. The molecule has 3 aliphatic carbocycles. The first-order valence-corrected chi connectivity index (χ1v) is 12.1. The molecule has 3 rings (SSSR count). The summed E-state index contributed by atoms with van der Waals surface area (Å²) < 4.78 is 0. The van der Waals surface area contributed by atoms with Crippen molar-refractivity contribution in [2.75, 3.05) is 0 Å². The van der Waals surface area contributed by atoms with E-state index in [0.29, 0.717) is 5.41 Å². The van der Waals surface area contributed by atoms with Gasteiger partial charge in [0.2, 0.25) is 0 Å². The van der Waals surface area contributed by atoms with Crippen molar-refractivity contribution in [2.45, 2.75) is 104 Å². The molecule has 0 aromatic rings. The molecule has 28 heavy (non-hydrogen) atoms. The molecular weight excluding hydrogens is 340 g/mol. The number of rotatable bonds is 6. The first kappa shape index (κ1) is 21.9. The second-order valence-corrected chi connectivity index (χ2v) is 10.8. The molecule has 1 N–H and O–H groups in total. The lowest BCUT2D eigenvalue weighted by Gasteiger charge is -2.44. The molecule has 0 aliphatic heterocycles. The first-order valence-electron chi connectivity index (χ1n) is 12.1. The van der Waals surface area contributed by atoms with Crippen molar-refractivity contribution >= 4 is 0 Å². The van der Waals surface area contributed by atoms with Gasteiger partial charge in [-0.3, -0.25) is 0 Å². The standard InChI is InChI=1S/C27H44O/c1-19(2)8-6-9-21(4)25-15-16-26-22(10-7-17-27(25,26)5)12-13-23-18-24(28)14-11-20(23)3/h12-13,19,21,24-26,28H,3,6-11,14-18H2,1-2,4-5H3/b22-12+,23-13+/t21-,24+,25-,26?,27-/m1/s1. The van der Waals surface area contributed by atoms with Crippen LogP contribution in [0, 0.1) is 29.1 Å². The lowest BCUT2D eigenvalue weighted by molar-refractivity contribution is 0.0929. The SMILES string of the molecule is C=C1CC[C@H](O)C/C1=C\C=C1/CCC[C@@]2(C)C1CC[C@@H]2[C@H](C)CCCC(C)C. The summed E-state index contributed by atoms with van der Waals surface area (Å²) in [6.45, 7) is 14.1. The Morgan fingerprint density at radius 3 is 2.64 bits per heavy atom. The van der Waals surface area contributed by atoms with Crippen LogP contribution in [0.4, 0.5) is 0 Å². The summed E-state index contributed by atoms with van der Waals surface area (Å²) in [5.74, 6) is 3.37. The predicted octanol–water partition coefficient (Wildman–Crippen LogP) is 7.62. The van der Waals surface area contributed by atoms with Crippen LogP contribution in [-0.2, 0) is 0 Å². The fourth-order valence-corrected chi connectivity index (χ4v) is 6.66. The van der Waals surface area contributed by atoms with Crippen molar-refractivity contribution in [3.8, 4) is 0 Å². The normalized spacial score (nSPS) is 37.6. The van der Waals surface area contributed by atoms with Crippen molar-refractivity contribution in [1.29, 1.82) is 0 Å². The smallest absolute Gasteiger partial charge is 0.0583 e. The molecule has 0 radical (unpaired) electrons. The van der Waals surface area contributed by atoms with E-state index < -0.39 is 0 Å². The predicted molar refractivity (Wildman–Crippen MR) is 121 cm³/mol. The van der Waals surface area contributed by atoms with Crippen molar-refractivity contribution in [3.05, 3.63) is 35.5 Å². The minimum atomic E-state index is -0.172. The van der Waals surface area contributed by atoms with E-state index in [1.807, 2.05) is 0 Å². The summed E-state index contributed by atoms with van der Waals surface area (Å²) in [7, 11) is 0. The zero-order valence-corrected chi connectivity index (χ0v) is 19.0. The van der Waals surface area contributed by atoms with Crippen LogP contribution in [0.15, 0.2) is 35.5 Å². The zero-order chi connectivity index (χ0) is 20.3. The summed E-state index contributed by atoms with van der Waals surface area (Å²) in [6, 6.07) is 0. The van der Waals surface area contributed by atoms with Gasteiger partial charge in [0.15, 0.2) is 0 Å². The highest BCUT2D eigenvalue weighted by Gasteiger charge is 2.50. The molecule has 5 atom stereocenters. The number of aliphatic hydroxyl groups is 1. The fraction of sp³-hybridized carbons (Fsp3) is 0.778. The Bertz CT molecular complexity index is 610. The third kappa shape index (κ3) is 4.84. The van der Waals surface area contributed by atoms with Crippen molar-refractivity contribution in [1.82, 2.24) is 0 Å². The summed E-state index contributed by atoms with van der Waals surface area (Å²) in [5, 5.41) is 10.0. The number of fused-ring (bicyclic) bond motifs is 1. The molecule has 1 unspecified atom stereocenters. The molecule has 0 amide bonds. The van der Waals surface area contributed by atoms with E-state index in [-0.39, 0.29) is 6.10 Å². The highest BCUT2D eigenvalue weighted by molar-refractivity contribution is 5.36. The maximum atomic E-state index is 10.0. The van der Waals surface area contributed by atoms with Crippen molar-refractivity contribution in [2.24, 2.45) is 29.1 Å². The molecule has 1 nitrogen and oxygen atoms in total. The summed E-state index contributed by atoms with van der Waals surface area (Å²) >= 11 is 0. The molecule has 0 aromatic heterocycles. The fourth-order valence-electron chi connectivity index (χ4n) is 6.66. The average Bonchev–Trinajstić information content (AvgIpc) is 2.99. The number of aliphatic hydroxyl groups excluding tert-OH is 1. The van der Waals surface area contributed by atoms with Crippen LogP contribution in [0.1, 0.15) is 98.3 Å². The summed E-state index contributed by atoms with van der Waals surface area (Å²) in [4.78, 5) is 0. The molecule has 3 saturated carbocycles. The van der Waals surface area contributed by atoms with Crippen LogP contribution in [0.25, 0.3) is 0 Å². The molecule has 1 heteroatoms. The Morgan fingerprint density at radius 1 is 1.11 bits per heavy atom. The monoisotopic (exact) mass is 384 g/mol. The van der Waals surface area contributed by atoms with Gasteiger partial charge in [-0.05, 0) is 86.0 Å². The van der Waals surface area contributed by atoms with E-state index in [1.54, 1.807) is 5.57 Å². The molecule has 0 aromatic carbocycles. The number of hydrogen-bond donors (Lipinski definition) is 1. The zero-order valence-electron chi connectivity index (χ0n) is 19.0. The van der Waals surface area contributed by atoms with Gasteiger partial charge < -0.3 is 5.11 Å². The van der Waals surface area contributed by atoms with E-state index >= 15 is 0 Å². The third-order valence-corrected chi connectivity index (χ3v) is 8.35. The lowest BCUT2D eigenvalue weighted by atomic mass is 9.60. The Morgan fingerprint density at radius 2 is 1.89 bits per heavy atom. The second-order valence-electron chi connectivity index (χ2n) is 10.8. The van der Waals surface area contributed by atoms with Gasteiger partial charge in [-0.25, -0.2) is 0 Å². The largest absolute Gasteiger partial charge is 0.393 e. The topological polar surface area (TPSA) is 20.2 Å². The van der Waals surface area contributed by atoms with E-state index in [4.69, 9.17) is 0 Å². The number of allylic oxidation sites excluding steroid dienone is 4. The maximum Gasteiger partial charge on any atom is 0.0583 e. The Kier molecular flexibility index (Phi) is 7.29. The van der Waals surface area contributed by atoms with Crippen LogP contribution in [0.3, 0.4) is 0 Å². The highest BCUT2D eigenvalue weighted by Crippen LogP contribution is 2.59. The van der Waals surface area contributed by atoms with Crippen LogP contribution in [-0.4, -0.2) is 11.2 Å². The van der Waals surface area contributed by atoms with Gasteiger partial charge in [0.25, 0.3) is 0 Å². The molecule has 0 heterocycles. The average molecular weight is 385 g/mol. The van der Waals surface area contributed by atoms with Crippen LogP contribution in [0.5, 0.6) is 0 Å². The molecule has 0 spiro atoms. The Balaban J connectivity index is 1.70. The van der Waals surface area contributed by atoms with E-state index in [1.165, 1.54) is 62.5 Å². The van der Waals surface area contributed by atoms with E-state index in [0.717, 1.165) is 42.9 Å². The number of hydrogen-bond acceptors (Lipinski definition) is 1. The Hall–Kier alpha value is -0.820. The molecule has 3 fully saturated rings. The third-order valence-electron chi connectivity index (χ3n) is 8.35. The Labute approximate surface area is 174 Å². The van der Waals surface area contributed by atoms with Crippen LogP contribution in [0.2, 0.25) is 0 Å². The maximum absolute atomic E-state index is 10.0. The van der Waals surface area contributed by atoms with Gasteiger partial charge in [-0.15, -0.1) is 0 Å². The van der Waals surface area contributed by atoms with Crippen molar-refractivity contribution in [3.63, 3.8) is 0 Å². The molecule has 0 bridgehead atoms. The molecular formula is C27H44O. The second kappa shape index (κ2) is 9.33. The van der Waals surface area contributed by atoms with Crippen LogP contribution >= 0.6 is 0 Å². The van der Waals surface area contributed by atoms with Gasteiger partial charge in [0.1, 0.15) is 0 Å². The van der Waals surface area contributed by atoms with Crippen LogP contribution < -0.4 is 0 Å². The van der Waals surface area contributed by atoms with Crippen molar-refractivity contribution < 1.29 is 5.11 Å². The summed E-state index contributed by atoms with van der Waals surface area (Å²) in [6.07, 6.45) is 18.2. The minimum absolute atomic E-state index is 0.172. The van der Waals surface area contributed by atoms with Gasteiger partial charge in [-0.1, -0.05) is 76.8 Å². The summed E-state index contributed by atoms with van der Waals surface area (Å²) in [5.41, 5.74) is 4.72. The van der Waals surface area contributed by atoms with E-state index in [2.05, 4.69) is 46.4 Å². The molecule has 158 valence electrons. The van der Waals surface area contributed by atoms with Gasteiger partial charge in [0, 0.05) is 0 Å². The first-order chi connectivity index (χ1) is 13.3. The van der Waals surface area contributed by atoms with Gasteiger partial charge in [0.05, 0.1) is 6.10 Å².